The molecule has 0 saturated carbocycles. The standard InChI is InChI=1S/C18H27BrN2O3/c1-13(2)24-18-14(10-15(19)11-16(18)23-3)12-20-7-5-9-21-8-4-6-17(21)22/h10-11,13,20H,4-9,12H2,1-3H3. The molecule has 2 rings (SSSR count). The Balaban J connectivity index is 1.88. The number of hydrogen-bond acceptors (Lipinski definition) is 4. The lowest BCUT2D eigenvalue weighted by atomic mass is 10.1. The van der Waals surface area contributed by atoms with Crippen LogP contribution in [0.1, 0.15) is 38.7 Å². The van der Waals surface area contributed by atoms with Gasteiger partial charge >= 0.3 is 0 Å². The van der Waals surface area contributed by atoms with E-state index in [-0.39, 0.29) is 6.10 Å². The minimum atomic E-state index is 0.0833. The molecule has 1 aliphatic rings. The molecule has 0 atom stereocenters. The molecule has 1 aliphatic heterocycles. The first-order valence-electron chi connectivity index (χ1n) is 8.52. The Hall–Kier alpha value is -1.27. The number of nitrogens with one attached hydrogen (secondary N) is 1. The monoisotopic (exact) mass is 398 g/mol. The molecule has 1 aromatic rings. The van der Waals surface area contributed by atoms with Crippen LogP contribution in [0.2, 0.25) is 0 Å². The summed E-state index contributed by atoms with van der Waals surface area (Å²) >= 11 is 3.52. The fourth-order valence-corrected chi connectivity index (χ4v) is 3.32. The van der Waals surface area contributed by atoms with Gasteiger partial charge < -0.3 is 19.7 Å². The molecule has 0 aromatic heterocycles. The van der Waals surface area contributed by atoms with Crippen molar-refractivity contribution in [3.8, 4) is 11.5 Å². The molecule has 6 heteroatoms. The predicted molar refractivity (Wildman–Crippen MR) is 98.6 cm³/mol. The van der Waals surface area contributed by atoms with Crippen molar-refractivity contribution in [2.75, 3.05) is 26.7 Å². The summed E-state index contributed by atoms with van der Waals surface area (Å²) in [7, 11) is 1.65. The molecule has 1 saturated heterocycles. The average Bonchev–Trinajstić information content (AvgIpc) is 2.94. The van der Waals surface area contributed by atoms with E-state index in [0.717, 1.165) is 54.0 Å². The Bertz CT molecular complexity index is 563. The summed E-state index contributed by atoms with van der Waals surface area (Å²) in [5, 5.41) is 3.44. The third-order valence-corrected chi connectivity index (χ3v) is 4.40. The number of ether oxygens (including phenoxy) is 2. The molecule has 1 fully saturated rings. The van der Waals surface area contributed by atoms with Gasteiger partial charge in [-0.05, 0) is 45.4 Å². The smallest absolute Gasteiger partial charge is 0.222 e. The average molecular weight is 399 g/mol. The van der Waals surface area contributed by atoms with Crippen molar-refractivity contribution in [2.45, 2.75) is 45.8 Å². The van der Waals surface area contributed by atoms with Gasteiger partial charge in [-0.15, -0.1) is 0 Å². The first-order valence-corrected chi connectivity index (χ1v) is 9.32. The van der Waals surface area contributed by atoms with Crippen molar-refractivity contribution in [3.63, 3.8) is 0 Å². The zero-order valence-electron chi connectivity index (χ0n) is 14.7. The number of likely N-dealkylation sites (tertiary alicyclic amines) is 1. The summed E-state index contributed by atoms with van der Waals surface area (Å²) in [6.45, 7) is 7.32. The zero-order valence-corrected chi connectivity index (χ0v) is 16.3. The lowest BCUT2D eigenvalue weighted by molar-refractivity contribution is -0.127. The number of hydrogen-bond donors (Lipinski definition) is 1. The van der Waals surface area contributed by atoms with Gasteiger partial charge in [-0.25, -0.2) is 0 Å². The molecule has 1 aromatic carbocycles. The molecule has 1 amide bonds. The minimum absolute atomic E-state index is 0.0833. The molecule has 0 bridgehead atoms. The van der Waals surface area contributed by atoms with Crippen molar-refractivity contribution in [2.24, 2.45) is 0 Å². The summed E-state index contributed by atoms with van der Waals surface area (Å²) in [6.07, 6.45) is 2.75. The molecular formula is C18H27BrN2O3. The van der Waals surface area contributed by atoms with Gasteiger partial charge in [0.25, 0.3) is 0 Å². The van der Waals surface area contributed by atoms with E-state index in [1.807, 2.05) is 24.8 Å². The van der Waals surface area contributed by atoms with E-state index < -0.39 is 0 Å². The summed E-state index contributed by atoms with van der Waals surface area (Å²) in [5.41, 5.74) is 1.06. The van der Waals surface area contributed by atoms with E-state index in [4.69, 9.17) is 9.47 Å². The highest BCUT2D eigenvalue weighted by atomic mass is 79.9. The number of methoxy groups -OCH3 is 1. The lowest BCUT2D eigenvalue weighted by Gasteiger charge is -2.19. The van der Waals surface area contributed by atoms with Crippen LogP contribution in [-0.2, 0) is 11.3 Å². The predicted octanol–water partition coefficient (Wildman–Crippen LogP) is 3.35. The maximum Gasteiger partial charge on any atom is 0.222 e. The second-order valence-corrected chi connectivity index (χ2v) is 7.19. The third kappa shape index (κ3) is 5.38. The normalized spacial score (nSPS) is 14.5. The highest BCUT2D eigenvalue weighted by Gasteiger charge is 2.19. The third-order valence-electron chi connectivity index (χ3n) is 3.94. The fourth-order valence-electron chi connectivity index (χ4n) is 2.83. The van der Waals surface area contributed by atoms with Gasteiger partial charge in [0.2, 0.25) is 5.91 Å². The second-order valence-electron chi connectivity index (χ2n) is 6.28. The van der Waals surface area contributed by atoms with Crippen molar-refractivity contribution >= 4 is 21.8 Å². The number of rotatable bonds is 9. The molecule has 0 spiro atoms. The van der Waals surface area contributed by atoms with E-state index in [1.54, 1.807) is 7.11 Å². The van der Waals surface area contributed by atoms with E-state index in [2.05, 4.69) is 27.3 Å². The van der Waals surface area contributed by atoms with Gasteiger partial charge in [0.05, 0.1) is 13.2 Å². The lowest BCUT2D eigenvalue weighted by Crippen LogP contribution is -2.28. The van der Waals surface area contributed by atoms with E-state index in [0.29, 0.717) is 18.9 Å². The summed E-state index contributed by atoms with van der Waals surface area (Å²) in [4.78, 5) is 13.5. The van der Waals surface area contributed by atoms with E-state index in [1.165, 1.54) is 0 Å². The van der Waals surface area contributed by atoms with Crippen LogP contribution in [0, 0.1) is 0 Å². The van der Waals surface area contributed by atoms with Crippen LogP contribution in [0.5, 0.6) is 11.5 Å². The molecule has 5 nitrogen and oxygen atoms in total. The molecule has 0 aliphatic carbocycles. The number of halogens is 1. The second kappa shape index (κ2) is 9.28. The molecule has 1 N–H and O–H groups in total. The van der Waals surface area contributed by atoms with E-state index in [9.17, 15) is 4.79 Å². The van der Waals surface area contributed by atoms with Crippen LogP contribution in [0.4, 0.5) is 0 Å². The van der Waals surface area contributed by atoms with Gasteiger partial charge in [-0.2, -0.15) is 0 Å². The molecule has 0 radical (unpaired) electrons. The molecule has 1 heterocycles. The van der Waals surface area contributed by atoms with E-state index >= 15 is 0 Å². The number of benzene rings is 1. The summed E-state index contributed by atoms with van der Waals surface area (Å²) < 4.78 is 12.4. The first-order chi connectivity index (χ1) is 11.5. The highest BCUT2D eigenvalue weighted by Crippen LogP contribution is 2.35. The minimum Gasteiger partial charge on any atom is -0.493 e. The van der Waals surface area contributed by atoms with Crippen molar-refractivity contribution < 1.29 is 14.3 Å². The Labute approximate surface area is 152 Å². The van der Waals surface area contributed by atoms with Crippen LogP contribution in [0.3, 0.4) is 0 Å². The van der Waals surface area contributed by atoms with Gasteiger partial charge in [0, 0.05) is 36.1 Å². The Morgan fingerprint density at radius 2 is 2.17 bits per heavy atom. The van der Waals surface area contributed by atoms with Crippen molar-refractivity contribution in [1.29, 1.82) is 0 Å². The number of nitrogens with zero attached hydrogens (tertiary/aromatic N) is 1. The quantitative estimate of drug-likeness (QED) is 0.648. The SMILES string of the molecule is COc1cc(Br)cc(CNCCCN2CCCC2=O)c1OC(C)C. The van der Waals surface area contributed by atoms with Gasteiger partial charge in [0.15, 0.2) is 11.5 Å². The Kier molecular flexibility index (Phi) is 7.37. The van der Waals surface area contributed by atoms with Crippen molar-refractivity contribution in [1.82, 2.24) is 10.2 Å². The summed E-state index contributed by atoms with van der Waals surface area (Å²) in [6, 6.07) is 3.97. The maximum atomic E-state index is 11.6. The molecule has 134 valence electrons. The van der Waals surface area contributed by atoms with Crippen LogP contribution < -0.4 is 14.8 Å². The highest BCUT2D eigenvalue weighted by molar-refractivity contribution is 9.10. The van der Waals surface area contributed by atoms with Gasteiger partial charge in [0.1, 0.15) is 0 Å². The van der Waals surface area contributed by atoms with Crippen molar-refractivity contribution in [3.05, 3.63) is 22.2 Å². The van der Waals surface area contributed by atoms with Crippen LogP contribution in [0.25, 0.3) is 0 Å². The largest absolute Gasteiger partial charge is 0.493 e. The maximum absolute atomic E-state index is 11.6. The first kappa shape index (κ1) is 19.1. The van der Waals surface area contributed by atoms with Gasteiger partial charge in [-0.1, -0.05) is 15.9 Å². The van der Waals surface area contributed by atoms with Crippen LogP contribution in [-0.4, -0.2) is 43.7 Å². The number of carbonyl (C=O) groups is 1. The molecule has 0 unspecified atom stereocenters. The topological polar surface area (TPSA) is 50.8 Å². The molecular weight excluding hydrogens is 372 g/mol. The Morgan fingerprint density at radius 1 is 1.38 bits per heavy atom. The molecule has 24 heavy (non-hydrogen) atoms. The zero-order chi connectivity index (χ0) is 17.5. The van der Waals surface area contributed by atoms with Gasteiger partial charge in [-0.3, -0.25) is 4.79 Å². The van der Waals surface area contributed by atoms with Crippen LogP contribution >= 0.6 is 15.9 Å². The Morgan fingerprint density at radius 3 is 2.79 bits per heavy atom. The number of amides is 1. The fraction of sp³-hybridized carbons (Fsp3) is 0.611. The summed E-state index contributed by atoms with van der Waals surface area (Å²) in [5.74, 6) is 1.81. The number of carbonyl (C=O) groups excluding carboxylic acids is 1. The van der Waals surface area contributed by atoms with Crippen LogP contribution in [0.15, 0.2) is 16.6 Å².